The first-order valence-electron chi connectivity index (χ1n) is 8.99. The fourth-order valence-electron chi connectivity index (χ4n) is 3.61. The van der Waals surface area contributed by atoms with E-state index in [2.05, 4.69) is 10.6 Å². The van der Waals surface area contributed by atoms with Gasteiger partial charge in [0.25, 0.3) is 5.91 Å². The van der Waals surface area contributed by atoms with Crippen LogP contribution in [0.25, 0.3) is 0 Å². The zero-order chi connectivity index (χ0) is 18.4. The van der Waals surface area contributed by atoms with Crippen LogP contribution >= 0.6 is 0 Å². The molecule has 1 saturated carbocycles. The van der Waals surface area contributed by atoms with Gasteiger partial charge in [0.2, 0.25) is 5.91 Å². The second-order valence-electron chi connectivity index (χ2n) is 6.67. The third-order valence-corrected chi connectivity index (χ3v) is 5.02. The average molecular weight is 354 g/mol. The number of halogens is 1. The largest absolute Gasteiger partial charge is 0.354 e. The van der Waals surface area contributed by atoms with Gasteiger partial charge in [0.15, 0.2) is 0 Å². The van der Waals surface area contributed by atoms with Gasteiger partial charge in [-0.3, -0.25) is 9.59 Å². The molecule has 2 aromatic carbocycles. The molecular formula is C21H23FN2O2. The molecule has 2 amide bonds. The van der Waals surface area contributed by atoms with E-state index in [0.717, 1.165) is 31.2 Å². The Morgan fingerprint density at radius 1 is 0.885 bits per heavy atom. The molecule has 0 radical (unpaired) electrons. The molecule has 0 spiro atoms. The van der Waals surface area contributed by atoms with Crippen LogP contribution < -0.4 is 10.6 Å². The lowest BCUT2D eigenvalue weighted by molar-refractivity contribution is -0.126. The molecule has 0 heterocycles. The Hall–Kier alpha value is -2.69. The summed E-state index contributed by atoms with van der Waals surface area (Å²) < 4.78 is 13.2. The highest BCUT2D eigenvalue weighted by molar-refractivity contribution is 5.94. The number of benzene rings is 2. The Morgan fingerprint density at radius 2 is 1.50 bits per heavy atom. The molecule has 0 unspecified atom stereocenters. The zero-order valence-corrected chi connectivity index (χ0v) is 14.6. The predicted octanol–water partition coefficient (Wildman–Crippen LogP) is 3.18. The molecule has 4 nitrogen and oxygen atoms in total. The maximum absolute atomic E-state index is 13.2. The van der Waals surface area contributed by atoms with E-state index in [1.807, 2.05) is 18.2 Å². The third kappa shape index (κ3) is 3.93. The van der Waals surface area contributed by atoms with Crippen LogP contribution in [0.1, 0.15) is 41.6 Å². The summed E-state index contributed by atoms with van der Waals surface area (Å²) in [5.41, 5.74) is 0.872. The van der Waals surface area contributed by atoms with Gasteiger partial charge in [0.1, 0.15) is 5.82 Å². The lowest BCUT2D eigenvalue weighted by Crippen LogP contribution is -2.45. The van der Waals surface area contributed by atoms with Crippen molar-refractivity contribution in [2.45, 2.75) is 31.1 Å². The lowest BCUT2D eigenvalue weighted by Gasteiger charge is -2.28. The van der Waals surface area contributed by atoms with Gasteiger partial charge < -0.3 is 10.6 Å². The Kier molecular flexibility index (Phi) is 5.66. The highest BCUT2D eigenvalue weighted by Crippen LogP contribution is 2.41. The molecule has 0 saturated heterocycles. The van der Waals surface area contributed by atoms with Gasteiger partial charge in [-0.05, 0) is 42.7 Å². The number of amides is 2. The van der Waals surface area contributed by atoms with Crippen LogP contribution in [0.5, 0.6) is 0 Å². The normalized spacial score (nSPS) is 15.4. The van der Waals surface area contributed by atoms with E-state index in [9.17, 15) is 14.0 Å². The first kappa shape index (κ1) is 18.1. The van der Waals surface area contributed by atoms with Gasteiger partial charge in [-0.2, -0.15) is 0 Å². The summed E-state index contributed by atoms with van der Waals surface area (Å²) in [6.07, 6.45) is 3.49. The lowest BCUT2D eigenvalue weighted by atomic mass is 9.78. The Morgan fingerprint density at radius 3 is 2.15 bits per heavy atom. The highest BCUT2D eigenvalue weighted by Gasteiger charge is 2.42. The molecule has 5 heteroatoms. The fraction of sp³-hybridized carbons (Fsp3) is 0.333. The number of nitrogens with one attached hydrogen (secondary N) is 2. The van der Waals surface area contributed by atoms with Crippen molar-refractivity contribution in [3.63, 3.8) is 0 Å². The molecule has 0 bridgehead atoms. The second-order valence-corrected chi connectivity index (χ2v) is 6.67. The van der Waals surface area contributed by atoms with Crippen molar-refractivity contribution in [2.24, 2.45) is 0 Å². The zero-order valence-electron chi connectivity index (χ0n) is 14.6. The van der Waals surface area contributed by atoms with Crippen molar-refractivity contribution in [2.75, 3.05) is 13.1 Å². The minimum Gasteiger partial charge on any atom is -0.354 e. The Labute approximate surface area is 152 Å². The fourth-order valence-corrected chi connectivity index (χ4v) is 3.61. The standard InChI is InChI=1S/C21H23FN2O2/c22-18-10-8-17(9-11-18)21(12-4-5-13-21)20(26)24-15-14-23-19(25)16-6-2-1-3-7-16/h1-3,6-11H,4-5,12-15H2,(H,23,25)(H,24,26). The first-order chi connectivity index (χ1) is 12.6. The van der Waals surface area contributed by atoms with Crippen LogP contribution in [0, 0.1) is 5.82 Å². The van der Waals surface area contributed by atoms with Crippen molar-refractivity contribution in [1.29, 1.82) is 0 Å². The van der Waals surface area contributed by atoms with Gasteiger partial charge in [0, 0.05) is 18.7 Å². The van der Waals surface area contributed by atoms with Gasteiger partial charge in [-0.1, -0.05) is 43.2 Å². The first-order valence-corrected chi connectivity index (χ1v) is 8.99. The average Bonchev–Trinajstić information content (AvgIpc) is 3.17. The Balaban J connectivity index is 1.56. The molecule has 1 aliphatic carbocycles. The van der Waals surface area contributed by atoms with Crippen LogP contribution in [0.2, 0.25) is 0 Å². The molecule has 0 aromatic heterocycles. The van der Waals surface area contributed by atoms with Gasteiger partial charge >= 0.3 is 0 Å². The van der Waals surface area contributed by atoms with Crippen molar-refractivity contribution < 1.29 is 14.0 Å². The van der Waals surface area contributed by atoms with E-state index in [0.29, 0.717) is 18.7 Å². The molecule has 2 N–H and O–H groups in total. The second kappa shape index (κ2) is 8.13. The summed E-state index contributed by atoms with van der Waals surface area (Å²) in [6, 6.07) is 15.2. The molecule has 3 rings (SSSR count). The summed E-state index contributed by atoms with van der Waals surface area (Å²) in [4.78, 5) is 24.9. The summed E-state index contributed by atoms with van der Waals surface area (Å²) in [6.45, 7) is 0.722. The minimum absolute atomic E-state index is 0.0458. The molecule has 1 fully saturated rings. The Bertz CT molecular complexity index is 753. The van der Waals surface area contributed by atoms with Crippen LogP contribution in [0.15, 0.2) is 54.6 Å². The summed E-state index contributed by atoms with van der Waals surface area (Å²) in [5.74, 6) is -0.504. The highest BCUT2D eigenvalue weighted by atomic mass is 19.1. The quantitative estimate of drug-likeness (QED) is 0.783. The third-order valence-electron chi connectivity index (χ3n) is 5.02. The number of carbonyl (C=O) groups excluding carboxylic acids is 2. The molecule has 26 heavy (non-hydrogen) atoms. The molecular weight excluding hydrogens is 331 g/mol. The van der Waals surface area contributed by atoms with Crippen LogP contribution in [0.4, 0.5) is 4.39 Å². The van der Waals surface area contributed by atoms with Crippen LogP contribution in [-0.2, 0) is 10.2 Å². The van der Waals surface area contributed by atoms with Crippen LogP contribution in [-0.4, -0.2) is 24.9 Å². The van der Waals surface area contributed by atoms with E-state index in [-0.39, 0.29) is 17.6 Å². The van der Waals surface area contributed by atoms with E-state index in [1.54, 1.807) is 24.3 Å². The van der Waals surface area contributed by atoms with E-state index in [1.165, 1.54) is 12.1 Å². The summed E-state index contributed by atoms with van der Waals surface area (Å²) in [5, 5.41) is 5.74. The smallest absolute Gasteiger partial charge is 0.251 e. The monoisotopic (exact) mass is 354 g/mol. The number of hydrogen-bond acceptors (Lipinski definition) is 2. The topological polar surface area (TPSA) is 58.2 Å². The van der Waals surface area contributed by atoms with Gasteiger partial charge in [-0.15, -0.1) is 0 Å². The van der Waals surface area contributed by atoms with Crippen LogP contribution in [0.3, 0.4) is 0 Å². The van der Waals surface area contributed by atoms with Crippen molar-refractivity contribution in [3.05, 3.63) is 71.5 Å². The molecule has 0 atom stereocenters. The minimum atomic E-state index is -0.586. The molecule has 136 valence electrons. The predicted molar refractivity (Wildman–Crippen MR) is 98.3 cm³/mol. The number of carbonyl (C=O) groups is 2. The summed E-state index contributed by atoms with van der Waals surface area (Å²) >= 11 is 0. The van der Waals surface area contributed by atoms with E-state index >= 15 is 0 Å². The number of rotatable bonds is 6. The SMILES string of the molecule is O=C(NCCNC(=O)C1(c2ccc(F)cc2)CCCC1)c1ccccc1. The van der Waals surface area contributed by atoms with Gasteiger partial charge in [-0.25, -0.2) is 4.39 Å². The van der Waals surface area contributed by atoms with Crippen molar-refractivity contribution in [3.8, 4) is 0 Å². The maximum Gasteiger partial charge on any atom is 0.251 e. The maximum atomic E-state index is 13.2. The van der Waals surface area contributed by atoms with Crippen molar-refractivity contribution >= 4 is 11.8 Å². The molecule has 2 aromatic rings. The number of hydrogen-bond donors (Lipinski definition) is 2. The van der Waals surface area contributed by atoms with Crippen molar-refractivity contribution in [1.82, 2.24) is 10.6 Å². The molecule has 0 aliphatic heterocycles. The summed E-state index contributed by atoms with van der Waals surface area (Å²) in [7, 11) is 0. The van der Waals surface area contributed by atoms with E-state index in [4.69, 9.17) is 0 Å². The molecule has 1 aliphatic rings. The van der Waals surface area contributed by atoms with E-state index < -0.39 is 5.41 Å². The van der Waals surface area contributed by atoms with Gasteiger partial charge in [0.05, 0.1) is 5.41 Å².